The number of amides is 1. The van der Waals surface area contributed by atoms with E-state index in [1.54, 1.807) is 0 Å². The molecule has 0 aliphatic heterocycles. The Bertz CT molecular complexity index is 616. The molecule has 0 bridgehead atoms. The van der Waals surface area contributed by atoms with Crippen molar-refractivity contribution in [3.05, 3.63) is 60.2 Å². The molecule has 0 spiro atoms. The summed E-state index contributed by atoms with van der Waals surface area (Å²) in [6.07, 6.45) is 6.94. The minimum atomic E-state index is 0.0178. The summed E-state index contributed by atoms with van der Waals surface area (Å²) in [4.78, 5) is 12.1. The summed E-state index contributed by atoms with van der Waals surface area (Å²) in [5, 5.41) is 6.54. The molecule has 1 fully saturated rings. The van der Waals surface area contributed by atoms with Gasteiger partial charge in [-0.15, -0.1) is 0 Å². The van der Waals surface area contributed by atoms with Crippen molar-refractivity contribution in [2.24, 2.45) is 0 Å². The van der Waals surface area contributed by atoms with Gasteiger partial charge in [0, 0.05) is 17.4 Å². The largest absolute Gasteiger partial charge is 0.382 e. The third-order valence-corrected chi connectivity index (χ3v) is 4.35. The molecule has 23 heavy (non-hydrogen) atoms. The molecule has 0 unspecified atom stereocenters. The molecule has 2 aromatic carbocycles. The lowest BCUT2D eigenvalue weighted by atomic mass is 9.95. The van der Waals surface area contributed by atoms with Crippen LogP contribution >= 0.6 is 0 Å². The number of rotatable bonds is 5. The SMILES string of the molecule is O=C(Cc1ccccc1)Nc1ccc(NC2CCCCC2)cc1. The van der Waals surface area contributed by atoms with Crippen molar-refractivity contribution >= 4 is 17.3 Å². The van der Waals surface area contributed by atoms with Crippen LogP contribution in [0.4, 0.5) is 11.4 Å². The number of benzene rings is 2. The van der Waals surface area contributed by atoms with Crippen LogP contribution in [0.2, 0.25) is 0 Å². The summed E-state index contributed by atoms with van der Waals surface area (Å²) in [5.41, 5.74) is 3.01. The fraction of sp³-hybridized carbons (Fsp3) is 0.350. The quantitative estimate of drug-likeness (QED) is 0.846. The van der Waals surface area contributed by atoms with Crippen molar-refractivity contribution in [1.29, 1.82) is 0 Å². The third-order valence-electron chi connectivity index (χ3n) is 4.35. The highest BCUT2D eigenvalue weighted by molar-refractivity contribution is 5.92. The first-order valence-electron chi connectivity index (χ1n) is 8.50. The fourth-order valence-corrected chi connectivity index (χ4v) is 3.12. The van der Waals surface area contributed by atoms with Crippen molar-refractivity contribution in [1.82, 2.24) is 0 Å². The Morgan fingerprint density at radius 1 is 0.870 bits per heavy atom. The van der Waals surface area contributed by atoms with Crippen LogP contribution in [0, 0.1) is 0 Å². The molecular formula is C20H24N2O. The van der Waals surface area contributed by atoms with Gasteiger partial charge in [-0.05, 0) is 42.7 Å². The number of anilines is 2. The normalized spacial score (nSPS) is 15.1. The van der Waals surface area contributed by atoms with Crippen LogP contribution in [0.15, 0.2) is 54.6 Å². The summed E-state index contributed by atoms with van der Waals surface area (Å²) in [6.45, 7) is 0. The van der Waals surface area contributed by atoms with E-state index >= 15 is 0 Å². The molecule has 0 saturated heterocycles. The van der Waals surface area contributed by atoms with Gasteiger partial charge in [0.2, 0.25) is 5.91 Å². The van der Waals surface area contributed by atoms with Gasteiger partial charge in [-0.3, -0.25) is 4.79 Å². The Kier molecular flexibility index (Phi) is 5.30. The predicted molar refractivity (Wildman–Crippen MR) is 95.7 cm³/mol. The maximum atomic E-state index is 12.1. The van der Waals surface area contributed by atoms with Crippen LogP contribution in [0.3, 0.4) is 0 Å². The topological polar surface area (TPSA) is 41.1 Å². The predicted octanol–water partition coefficient (Wildman–Crippen LogP) is 4.61. The van der Waals surface area contributed by atoms with Gasteiger partial charge in [0.15, 0.2) is 0 Å². The molecule has 2 N–H and O–H groups in total. The molecule has 1 saturated carbocycles. The van der Waals surface area contributed by atoms with E-state index in [1.807, 2.05) is 54.6 Å². The lowest BCUT2D eigenvalue weighted by Crippen LogP contribution is -2.22. The van der Waals surface area contributed by atoms with Crippen LogP contribution in [0.25, 0.3) is 0 Å². The number of carbonyl (C=O) groups is 1. The highest BCUT2D eigenvalue weighted by Crippen LogP contribution is 2.22. The Morgan fingerprint density at radius 2 is 1.52 bits per heavy atom. The van der Waals surface area contributed by atoms with Crippen LogP contribution in [-0.4, -0.2) is 11.9 Å². The Labute approximate surface area is 138 Å². The minimum absolute atomic E-state index is 0.0178. The summed E-state index contributed by atoms with van der Waals surface area (Å²) < 4.78 is 0. The van der Waals surface area contributed by atoms with Crippen LogP contribution in [0.5, 0.6) is 0 Å². The zero-order valence-corrected chi connectivity index (χ0v) is 13.4. The van der Waals surface area contributed by atoms with Crippen LogP contribution in [0.1, 0.15) is 37.7 Å². The van der Waals surface area contributed by atoms with Crippen molar-refractivity contribution in [2.75, 3.05) is 10.6 Å². The number of hydrogen-bond donors (Lipinski definition) is 2. The molecule has 3 rings (SSSR count). The second-order valence-electron chi connectivity index (χ2n) is 6.27. The Hall–Kier alpha value is -2.29. The zero-order valence-electron chi connectivity index (χ0n) is 13.4. The highest BCUT2D eigenvalue weighted by atomic mass is 16.1. The van der Waals surface area contributed by atoms with E-state index in [4.69, 9.17) is 0 Å². The van der Waals surface area contributed by atoms with Crippen molar-refractivity contribution in [2.45, 2.75) is 44.6 Å². The smallest absolute Gasteiger partial charge is 0.228 e. The first-order chi connectivity index (χ1) is 11.3. The van der Waals surface area contributed by atoms with Gasteiger partial charge in [-0.1, -0.05) is 49.6 Å². The maximum Gasteiger partial charge on any atom is 0.228 e. The molecule has 3 heteroatoms. The van der Waals surface area contributed by atoms with E-state index < -0.39 is 0 Å². The monoisotopic (exact) mass is 308 g/mol. The number of carbonyl (C=O) groups excluding carboxylic acids is 1. The van der Waals surface area contributed by atoms with Crippen molar-refractivity contribution in [3.8, 4) is 0 Å². The summed E-state index contributed by atoms with van der Waals surface area (Å²) in [7, 11) is 0. The molecule has 1 amide bonds. The molecule has 0 aromatic heterocycles. The third kappa shape index (κ3) is 4.85. The molecule has 0 heterocycles. The van der Waals surface area contributed by atoms with Gasteiger partial charge in [-0.2, -0.15) is 0 Å². The van der Waals surface area contributed by atoms with E-state index in [0.29, 0.717) is 12.5 Å². The number of hydrogen-bond acceptors (Lipinski definition) is 2. The molecule has 0 radical (unpaired) electrons. The van der Waals surface area contributed by atoms with Gasteiger partial charge >= 0.3 is 0 Å². The average molecular weight is 308 g/mol. The molecule has 120 valence electrons. The molecular weight excluding hydrogens is 284 g/mol. The molecule has 1 aliphatic rings. The number of nitrogens with one attached hydrogen (secondary N) is 2. The van der Waals surface area contributed by atoms with E-state index in [0.717, 1.165) is 16.9 Å². The Balaban J connectivity index is 1.51. The van der Waals surface area contributed by atoms with E-state index in [9.17, 15) is 4.79 Å². The van der Waals surface area contributed by atoms with Crippen molar-refractivity contribution in [3.63, 3.8) is 0 Å². The first kappa shape index (κ1) is 15.6. The van der Waals surface area contributed by atoms with Crippen LogP contribution < -0.4 is 10.6 Å². The van der Waals surface area contributed by atoms with Crippen LogP contribution in [-0.2, 0) is 11.2 Å². The summed E-state index contributed by atoms with van der Waals surface area (Å²) in [6, 6.07) is 18.4. The second-order valence-corrected chi connectivity index (χ2v) is 6.27. The van der Waals surface area contributed by atoms with Gasteiger partial charge in [-0.25, -0.2) is 0 Å². The first-order valence-corrected chi connectivity index (χ1v) is 8.50. The van der Waals surface area contributed by atoms with E-state index in [-0.39, 0.29) is 5.91 Å². The summed E-state index contributed by atoms with van der Waals surface area (Å²) >= 11 is 0. The highest BCUT2D eigenvalue weighted by Gasteiger charge is 2.12. The molecule has 3 nitrogen and oxygen atoms in total. The molecule has 0 atom stereocenters. The molecule has 1 aliphatic carbocycles. The van der Waals surface area contributed by atoms with E-state index in [2.05, 4.69) is 10.6 Å². The Morgan fingerprint density at radius 3 is 2.22 bits per heavy atom. The minimum Gasteiger partial charge on any atom is -0.382 e. The maximum absolute atomic E-state index is 12.1. The van der Waals surface area contributed by atoms with Gasteiger partial charge < -0.3 is 10.6 Å². The molecule has 2 aromatic rings. The van der Waals surface area contributed by atoms with Crippen molar-refractivity contribution < 1.29 is 4.79 Å². The lowest BCUT2D eigenvalue weighted by Gasteiger charge is -2.23. The zero-order chi connectivity index (χ0) is 15.9. The van der Waals surface area contributed by atoms with Gasteiger partial charge in [0.1, 0.15) is 0 Å². The second kappa shape index (κ2) is 7.82. The summed E-state index contributed by atoms with van der Waals surface area (Å²) in [5.74, 6) is 0.0178. The lowest BCUT2D eigenvalue weighted by molar-refractivity contribution is -0.115. The average Bonchev–Trinajstić information content (AvgIpc) is 2.58. The van der Waals surface area contributed by atoms with Gasteiger partial charge in [0.25, 0.3) is 0 Å². The standard InChI is InChI=1S/C20H24N2O/c23-20(15-16-7-3-1-4-8-16)22-19-13-11-18(12-14-19)21-17-9-5-2-6-10-17/h1,3-4,7-8,11-14,17,21H,2,5-6,9-10,15H2,(H,22,23). The van der Waals surface area contributed by atoms with E-state index in [1.165, 1.54) is 32.1 Å². The fourth-order valence-electron chi connectivity index (χ4n) is 3.12. The van der Waals surface area contributed by atoms with Gasteiger partial charge in [0.05, 0.1) is 6.42 Å².